The summed E-state index contributed by atoms with van der Waals surface area (Å²) < 4.78 is 1.75. The number of aromatic nitrogens is 2. The Morgan fingerprint density at radius 2 is 2.00 bits per heavy atom. The van der Waals surface area contributed by atoms with Crippen LogP contribution in [0.4, 0.5) is 0 Å². The minimum Gasteiger partial charge on any atom is -0.340 e. The highest BCUT2D eigenvalue weighted by atomic mass is 16.2. The number of nitrogens with zero attached hydrogens (tertiary/aromatic N) is 3. The van der Waals surface area contributed by atoms with E-state index < -0.39 is 6.17 Å². The Kier molecular flexibility index (Phi) is 2.76. The lowest BCUT2D eigenvalue weighted by Gasteiger charge is -2.21. The molecule has 2 aromatic rings. The largest absolute Gasteiger partial charge is 0.340 e. The molecule has 1 aliphatic rings. The van der Waals surface area contributed by atoms with E-state index in [-0.39, 0.29) is 5.91 Å². The van der Waals surface area contributed by atoms with Crippen molar-refractivity contribution in [1.29, 1.82) is 0 Å². The lowest BCUT2D eigenvalue weighted by atomic mass is 10.3. The summed E-state index contributed by atoms with van der Waals surface area (Å²) in [7, 11) is 0. The molecule has 18 heavy (non-hydrogen) atoms. The van der Waals surface area contributed by atoms with Gasteiger partial charge in [-0.3, -0.25) is 4.79 Å². The van der Waals surface area contributed by atoms with Crippen LogP contribution in [-0.4, -0.2) is 33.4 Å². The number of carbonyl (C=O) groups is 1. The molecule has 0 radical (unpaired) electrons. The number of hydrogen-bond acceptors (Lipinski definition) is 3. The van der Waals surface area contributed by atoms with E-state index in [1.54, 1.807) is 10.9 Å². The minimum absolute atomic E-state index is 0.0179. The van der Waals surface area contributed by atoms with Crippen molar-refractivity contribution in [3.63, 3.8) is 0 Å². The van der Waals surface area contributed by atoms with Gasteiger partial charge in [-0.25, -0.2) is 4.98 Å². The van der Waals surface area contributed by atoms with Gasteiger partial charge in [0.25, 0.3) is 5.91 Å². The fourth-order valence-corrected chi connectivity index (χ4v) is 2.44. The zero-order valence-electron chi connectivity index (χ0n) is 10.1. The van der Waals surface area contributed by atoms with E-state index in [0.29, 0.717) is 0 Å². The molecule has 0 bridgehead atoms. The SMILES string of the molecule is NC(C(=O)N1CCCC1)n1cnc2ccccc21. The van der Waals surface area contributed by atoms with Crippen molar-refractivity contribution < 1.29 is 4.79 Å². The predicted molar refractivity (Wildman–Crippen MR) is 68.8 cm³/mol. The fraction of sp³-hybridized carbons (Fsp3) is 0.385. The van der Waals surface area contributed by atoms with Gasteiger partial charge < -0.3 is 15.2 Å². The average molecular weight is 244 g/mol. The van der Waals surface area contributed by atoms with Crippen molar-refractivity contribution in [3.05, 3.63) is 30.6 Å². The maximum Gasteiger partial charge on any atom is 0.260 e. The van der Waals surface area contributed by atoms with E-state index in [2.05, 4.69) is 4.98 Å². The smallest absolute Gasteiger partial charge is 0.260 e. The average Bonchev–Trinajstić information content (AvgIpc) is 3.06. The van der Waals surface area contributed by atoms with Gasteiger partial charge in [0, 0.05) is 13.1 Å². The molecule has 1 fully saturated rings. The molecular formula is C13H16N4O. The van der Waals surface area contributed by atoms with Crippen LogP contribution in [0.15, 0.2) is 30.6 Å². The summed E-state index contributed by atoms with van der Waals surface area (Å²) in [6.07, 6.45) is 3.12. The molecule has 1 amide bonds. The van der Waals surface area contributed by atoms with Crippen molar-refractivity contribution in [2.45, 2.75) is 19.0 Å². The Bertz CT molecular complexity index is 571. The van der Waals surface area contributed by atoms with Gasteiger partial charge >= 0.3 is 0 Å². The molecule has 0 aliphatic carbocycles. The fourth-order valence-electron chi connectivity index (χ4n) is 2.44. The Morgan fingerprint density at radius 1 is 1.28 bits per heavy atom. The molecule has 1 aromatic carbocycles. The van der Waals surface area contributed by atoms with Gasteiger partial charge in [0.05, 0.1) is 17.4 Å². The van der Waals surface area contributed by atoms with Crippen LogP contribution >= 0.6 is 0 Å². The molecule has 1 aliphatic heterocycles. The zero-order chi connectivity index (χ0) is 12.5. The Hall–Kier alpha value is -1.88. The molecule has 1 atom stereocenters. The van der Waals surface area contributed by atoms with Gasteiger partial charge in [0.15, 0.2) is 6.17 Å². The monoisotopic (exact) mass is 244 g/mol. The van der Waals surface area contributed by atoms with Gasteiger partial charge in [-0.2, -0.15) is 0 Å². The van der Waals surface area contributed by atoms with Gasteiger partial charge in [0.2, 0.25) is 0 Å². The second-order valence-corrected chi connectivity index (χ2v) is 4.62. The number of fused-ring (bicyclic) bond motifs is 1. The minimum atomic E-state index is -0.671. The summed E-state index contributed by atoms with van der Waals surface area (Å²) in [5.41, 5.74) is 7.82. The normalized spacial score (nSPS) is 17.3. The molecule has 2 N–H and O–H groups in total. The second kappa shape index (κ2) is 4.42. The molecule has 0 spiro atoms. The molecule has 94 valence electrons. The number of amides is 1. The first-order chi connectivity index (χ1) is 8.77. The van der Waals surface area contributed by atoms with Gasteiger partial charge in [0.1, 0.15) is 0 Å². The van der Waals surface area contributed by atoms with E-state index >= 15 is 0 Å². The number of hydrogen-bond donors (Lipinski definition) is 1. The molecule has 1 aromatic heterocycles. The van der Waals surface area contributed by atoms with Crippen LogP contribution in [0.25, 0.3) is 11.0 Å². The van der Waals surface area contributed by atoms with Gasteiger partial charge in [-0.15, -0.1) is 0 Å². The Balaban J connectivity index is 1.91. The number of nitrogens with two attached hydrogens (primary N) is 1. The Labute approximate surface area is 105 Å². The summed E-state index contributed by atoms with van der Waals surface area (Å²) in [5.74, 6) is -0.0179. The molecule has 5 heteroatoms. The Morgan fingerprint density at radius 3 is 2.78 bits per heavy atom. The summed E-state index contributed by atoms with van der Waals surface area (Å²) >= 11 is 0. The third kappa shape index (κ3) is 1.76. The van der Waals surface area contributed by atoms with Gasteiger partial charge in [-0.05, 0) is 25.0 Å². The zero-order valence-corrected chi connectivity index (χ0v) is 10.1. The summed E-state index contributed by atoms with van der Waals surface area (Å²) in [6, 6.07) is 7.69. The van der Waals surface area contributed by atoms with Crippen molar-refractivity contribution in [2.24, 2.45) is 5.73 Å². The van der Waals surface area contributed by atoms with E-state index in [9.17, 15) is 4.79 Å². The van der Waals surface area contributed by atoms with Crippen LogP contribution in [0, 0.1) is 0 Å². The van der Waals surface area contributed by atoms with Crippen molar-refractivity contribution in [2.75, 3.05) is 13.1 Å². The van der Waals surface area contributed by atoms with Crippen molar-refractivity contribution in [3.8, 4) is 0 Å². The number of imidazole rings is 1. The first-order valence-corrected chi connectivity index (χ1v) is 6.23. The predicted octanol–water partition coefficient (Wildman–Crippen LogP) is 1.12. The standard InChI is InChI=1S/C13H16N4O/c14-12(13(18)16-7-3-4-8-16)17-9-15-10-5-1-2-6-11(10)17/h1-2,5-6,9,12H,3-4,7-8,14H2. The molecule has 2 heterocycles. The van der Waals surface area contributed by atoms with Crippen LogP contribution in [0.2, 0.25) is 0 Å². The lowest BCUT2D eigenvalue weighted by Crippen LogP contribution is -2.39. The number of benzene rings is 1. The van der Waals surface area contributed by atoms with E-state index in [1.807, 2.05) is 29.2 Å². The van der Waals surface area contributed by atoms with Crippen LogP contribution in [-0.2, 0) is 4.79 Å². The van der Waals surface area contributed by atoms with Crippen LogP contribution in [0.1, 0.15) is 19.0 Å². The molecule has 3 rings (SSSR count). The molecule has 0 saturated carbocycles. The van der Waals surface area contributed by atoms with Crippen LogP contribution < -0.4 is 5.73 Å². The lowest BCUT2D eigenvalue weighted by molar-refractivity contribution is -0.133. The second-order valence-electron chi connectivity index (χ2n) is 4.62. The summed E-state index contributed by atoms with van der Waals surface area (Å²) in [5, 5.41) is 0. The maximum absolute atomic E-state index is 12.2. The summed E-state index contributed by atoms with van der Waals surface area (Å²) in [6.45, 7) is 1.64. The third-order valence-corrected chi connectivity index (χ3v) is 3.45. The molecular weight excluding hydrogens is 228 g/mol. The highest BCUT2D eigenvalue weighted by Crippen LogP contribution is 2.18. The highest BCUT2D eigenvalue weighted by molar-refractivity contribution is 5.83. The van der Waals surface area contributed by atoms with Crippen LogP contribution in [0.3, 0.4) is 0 Å². The van der Waals surface area contributed by atoms with Crippen molar-refractivity contribution in [1.82, 2.24) is 14.5 Å². The first-order valence-electron chi connectivity index (χ1n) is 6.23. The van der Waals surface area contributed by atoms with Crippen LogP contribution in [0.5, 0.6) is 0 Å². The van der Waals surface area contributed by atoms with E-state index in [1.165, 1.54) is 0 Å². The summed E-state index contributed by atoms with van der Waals surface area (Å²) in [4.78, 5) is 18.3. The van der Waals surface area contributed by atoms with Gasteiger partial charge in [-0.1, -0.05) is 12.1 Å². The van der Waals surface area contributed by atoms with E-state index in [0.717, 1.165) is 37.0 Å². The first kappa shape index (κ1) is 11.2. The molecule has 5 nitrogen and oxygen atoms in total. The molecule has 1 unspecified atom stereocenters. The quantitative estimate of drug-likeness (QED) is 0.860. The number of para-hydroxylation sites is 2. The third-order valence-electron chi connectivity index (χ3n) is 3.45. The number of rotatable bonds is 2. The number of likely N-dealkylation sites (tertiary alicyclic amines) is 1. The van der Waals surface area contributed by atoms with Crippen molar-refractivity contribution >= 4 is 16.9 Å². The topological polar surface area (TPSA) is 64.2 Å². The highest BCUT2D eigenvalue weighted by Gasteiger charge is 2.25. The number of carbonyl (C=O) groups excluding carboxylic acids is 1. The molecule has 1 saturated heterocycles. The maximum atomic E-state index is 12.2. The van der Waals surface area contributed by atoms with E-state index in [4.69, 9.17) is 5.73 Å².